The van der Waals surface area contributed by atoms with Crippen LogP contribution >= 0.6 is 0 Å². The number of hydrazine groups is 1. The molecule has 202 valence electrons. The van der Waals surface area contributed by atoms with Crippen LogP contribution in [-0.2, 0) is 10.0 Å². The molecule has 1 aliphatic rings. The average Bonchev–Trinajstić information content (AvgIpc) is 3.43. The van der Waals surface area contributed by atoms with Crippen LogP contribution < -0.4 is 10.3 Å². The zero-order chi connectivity index (χ0) is 27.6. The van der Waals surface area contributed by atoms with Gasteiger partial charge < -0.3 is 20.1 Å². The summed E-state index contributed by atoms with van der Waals surface area (Å²) in [5, 5.41) is 14.3. The Hall–Kier alpha value is -4.46. The van der Waals surface area contributed by atoms with Crippen LogP contribution in [0.3, 0.4) is 0 Å². The van der Waals surface area contributed by atoms with Crippen molar-refractivity contribution in [2.45, 2.75) is 4.90 Å². The highest BCUT2D eigenvalue weighted by Crippen LogP contribution is 2.32. The van der Waals surface area contributed by atoms with Gasteiger partial charge in [0.15, 0.2) is 5.75 Å². The molecule has 0 atom stereocenters. The van der Waals surface area contributed by atoms with E-state index in [2.05, 4.69) is 15.3 Å². The predicted octanol–water partition coefficient (Wildman–Crippen LogP) is 3.48. The van der Waals surface area contributed by atoms with E-state index < -0.39 is 31.4 Å². The molecular weight excluding hydrogens is 524 g/mol. The van der Waals surface area contributed by atoms with Crippen molar-refractivity contribution in [1.29, 1.82) is 0 Å². The lowest BCUT2D eigenvalue weighted by Gasteiger charge is -2.32. The fraction of sp³-hybridized carbons (Fsp3) is 0.192. The number of rotatable bonds is 8. The number of amides is 1. The Balaban J connectivity index is 1.53. The zero-order valence-electron chi connectivity index (χ0n) is 21.0. The first kappa shape index (κ1) is 26.2. The minimum absolute atomic E-state index is 0.0603. The highest BCUT2D eigenvalue weighted by Gasteiger charge is 2.35. The van der Waals surface area contributed by atoms with Crippen LogP contribution in [0.2, 0.25) is 0 Å². The molecule has 1 fully saturated rings. The lowest BCUT2D eigenvalue weighted by atomic mass is 10.2. The van der Waals surface area contributed by atoms with Crippen molar-refractivity contribution in [2.24, 2.45) is 0 Å². The number of aromatic nitrogens is 1. The van der Waals surface area contributed by atoms with E-state index >= 15 is 0 Å². The molecule has 5 rings (SSSR count). The minimum Gasteiger partial charge on any atom is -0.361 e. The van der Waals surface area contributed by atoms with Gasteiger partial charge in [0.25, 0.3) is 15.7 Å². The van der Waals surface area contributed by atoms with E-state index in [1.165, 1.54) is 30.3 Å². The van der Waals surface area contributed by atoms with Crippen LogP contribution in [-0.4, -0.2) is 71.8 Å². The Morgan fingerprint density at radius 1 is 1.03 bits per heavy atom. The van der Waals surface area contributed by atoms with Gasteiger partial charge in [-0.2, -0.15) is 8.42 Å². The highest BCUT2D eigenvalue weighted by atomic mass is 32.2. The van der Waals surface area contributed by atoms with Crippen LogP contribution in [0.1, 0.15) is 10.4 Å². The molecule has 0 radical (unpaired) electrons. The van der Waals surface area contributed by atoms with Crippen LogP contribution in [0.4, 0.5) is 11.4 Å². The van der Waals surface area contributed by atoms with Crippen molar-refractivity contribution in [3.05, 3.63) is 94.7 Å². The number of piperazine rings is 1. The molecular formula is C26H26N6O6S. The van der Waals surface area contributed by atoms with Crippen molar-refractivity contribution >= 4 is 38.2 Å². The summed E-state index contributed by atoms with van der Waals surface area (Å²) in [7, 11) is -2.73. The van der Waals surface area contributed by atoms with Gasteiger partial charge in [-0.05, 0) is 49.5 Å². The first-order chi connectivity index (χ1) is 18.7. The van der Waals surface area contributed by atoms with Crippen molar-refractivity contribution in [3.8, 4) is 5.75 Å². The van der Waals surface area contributed by atoms with E-state index in [0.29, 0.717) is 24.0 Å². The number of hydroxylamine groups is 1. The lowest BCUT2D eigenvalue weighted by molar-refractivity contribution is -0.384. The molecule has 0 unspecified atom stereocenters. The molecule has 3 aromatic carbocycles. The first-order valence-electron chi connectivity index (χ1n) is 12.1. The molecule has 13 heteroatoms. The fourth-order valence-corrected chi connectivity index (χ4v) is 5.41. The van der Waals surface area contributed by atoms with Gasteiger partial charge in [-0.1, -0.05) is 28.7 Å². The van der Waals surface area contributed by atoms with E-state index in [1.807, 2.05) is 12.1 Å². The number of nitrogens with zero attached hydrogens (tertiary/aromatic N) is 4. The number of sulfonamides is 1. The van der Waals surface area contributed by atoms with Gasteiger partial charge >= 0.3 is 5.91 Å². The molecule has 0 spiro atoms. The van der Waals surface area contributed by atoms with E-state index in [9.17, 15) is 23.3 Å². The molecule has 1 aromatic heterocycles. The van der Waals surface area contributed by atoms with E-state index in [4.69, 9.17) is 4.84 Å². The number of nitrogens with one attached hydrogen (secondary N) is 2. The summed E-state index contributed by atoms with van der Waals surface area (Å²) in [5.74, 6) is -0.838. The lowest BCUT2D eigenvalue weighted by Crippen LogP contribution is -2.47. The third-order valence-corrected chi connectivity index (χ3v) is 7.91. The van der Waals surface area contributed by atoms with Crippen LogP contribution in [0.25, 0.3) is 10.9 Å². The molecule has 4 aromatic rings. The van der Waals surface area contributed by atoms with Crippen molar-refractivity contribution in [2.75, 3.05) is 38.7 Å². The highest BCUT2D eigenvalue weighted by molar-refractivity contribution is 7.89. The molecule has 2 N–H and O–H groups in total. The molecule has 2 heterocycles. The third-order valence-electron chi connectivity index (χ3n) is 6.39. The van der Waals surface area contributed by atoms with Gasteiger partial charge in [0.2, 0.25) is 0 Å². The van der Waals surface area contributed by atoms with E-state index in [1.54, 1.807) is 42.6 Å². The van der Waals surface area contributed by atoms with E-state index in [-0.39, 0.29) is 21.5 Å². The van der Waals surface area contributed by atoms with Crippen LogP contribution in [0.5, 0.6) is 5.75 Å². The number of hydrogen-bond acceptors (Lipinski definition) is 9. The number of nitro benzene ring substituents is 1. The molecule has 1 amide bonds. The number of anilines is 1. The summed E-state index contributed by atoms with van der Waals surface area (Å²) in [4.78, 5) is 35.2. The number of likely N-dealkylation sites (N-methyl/N-ethyl adjacent to an activating group) is 1. The number of carbonyl (C=O) groups excluding carboxylic acids is 1. The Labute approximate surface area is 224 Å². The SMILES string of the molecule is CN1CCN(Nc2ccc(S(=O)(=O)N(Oc3cccc4[nH]ccc34)C(=O)c3ccccc3)cc2[N+](=O)[O-])CC1. The minimum atomic E-state index is -4.71. The Bertz CT molecular complexity index is 1620. The molecule has 1 saturated heterocycles. The number of nitro groups is 1. The van der Waals surface area contributed by atoms with Gasteiger partial charge in [-0.15, -0.1) is 0 Å². The smallest absolute Gasteiger partial charge is 0.302 e. The van der Waals surface area contributed by atoms with Gasteiger partial charge in [0.05, 0.1) is 9.82 Å². The largest absolute Gasteiger partial charge is 0.361 e. The Morgan fingerprint density at radius 2 is 1.77 bits per heavy atom. The Morgan fingerprint density at radius 3 is 2.49 bits per heavy atom. The predicted molar refractivity (Wildman–Crippen MR) is 145 cm³/mol. The second-order valence-corrected chi connectivity index (χ2v) is 10.8. The maximum Gasteiger partial charge on any atom is 0.302 e. The number of H-pyrrole nitrogens is 1. The van der Waals surface area contributed by atoms with Crippen LogP contribution in [0.15, 0.2) is 83.9 Å². The summed E-state index contributed by atoms with van der Waals surface area (Å²) >= 11 is 0. The van der Waals surface area contributed by atoms with Gasteiger partial charge in [-0.3, -0.25) is 14.9 Å². The summed E-state index contributed by atoms with van der Waals surface area (Å²) in [6, 6.07) is 17.9. The average molecular weight is 551 g/mol. The van der Waals surface area contributed by atoms with E-state index in [0.717, 1.165) is 19.2 Å². The van der Waals surface area contributed by atoms with Crippen molar-refractivity contribution in [1.82, 2.24) is 19.4 Å². The molecule has 0 saturated carbocycles. The van der Waals surface area contributed by atoms with Crippen LogP contribution in [0, 0.1) is 10.1 Å². The third kappa shape index (κ3) is 5.41. The van der Waals surface area contributed by atoms with Gasteiger partial charge in [0.1, 0.15) is 5.69 Å². The topological polar surface area (TPSA) is 141 Å². The molecule has 39 heavy (non-hydrogen) atoms. The maximum atomic E-state index is 13.9. The summed E-state index contributed by atoms with van der Waals surface area (Å²) in [5.41, 5.74) is 3.45. The summed E-state index contributed by atoms with van der Waals surface area (Å²) < 4.78 is 28.0. The number of carbonyl (C=O) groups is 1. The monoisotopic (exact) mass is 550 g/mol. The number of aromatic amines is 1. The Kier molecular flexibility index (Phi) is 7.19. The zero-order valence-corrected chi connectivity index (χ0v) is 21.8. The standard InChI is InChI=1S/C26H26N6O6S/c1-29-14-16-30(17-15-29)28-23-11-10-20(18-24(23)31(34)35)39(36,37)32(26(33)19-6-3-2-4-7-19)38-25-9-5-8-22-21(25)12-13-27-22/h2-13,18,27-28H,14-17H2,1H3. The summed E-state index contributed by atoms with van der Waals surface area (Å²) in [6.07, 6.45) is 1.66. The van der Waals surface area contributed by atoms with Crippen molar-refractivity contribution < 1.29 is 23.0 Å². The fourth-order valence-electron chi connectivity index (χ4n) is 4.21. The summed E-state index contributed by atoms with van der Waals surface area (Å²) in [6.45, 7) is 2.81. The normalized spacial score (nSPS) is 14.7. The van der Waals surface area contributed by atoms with Crippen molar-refractivity contribution in [3.63, 3.8) is 0 Å². The number of fused-ring (bicyclic) bond motifs is 1. The maximum absolute atomic E-state index is 13.9. The molecule has 0 aliphatic carbocycles. The molecule has 12 nitrogen and oxygen atoms in total. The van der Waals surface area contributed by atoms with Gasteiger partial charge in [-0.25, -0.2) is 5.01 Å². The quantitative estimate of drug-likeness (QED) is 0.249. The second kappa shape index (κ2) is 10.7. The van der Waals surface area contributed by atoms with Gasteiger partial charge in [0, 0.05) is 54.9 Å². The number of benzene rings is 3. The second-order valence-electron chi connectivity index (χ2n) is 9.03. The first-order valence-corrected chi connectivity index (χ1v) is 13.6. The molecule has 0 bridgehead atoms. The number of hydrogen-bond donors (Lipinski definition) is 2. The molecule has 1 aliphatic heterocycles.